The quantitative estimate of drug-likeness (QED) is 0.172. The maximum absolute atomic E-state index is 6.65. The van der Waals surface area contributed by atoms with Crippen LogP contribution in [0.4, 0.5) is 17.1 Å². The van der Waals surface area contributed by atoms with Crippen molar-refractivity contribution >= 4 is 71.3 Å². The molecule has 0 atom stereocenters. The minimum Gasteiger partial charge on any atom is -0.435 e. The molecule has 10 aromatic carbocycles. The number of anilines is 3. The number of nitrogens with zero attached hydrogens (tertiary/aromatic N) is 2. The van der Waals surface area contributed by atoms with Crippen molar-refractivity contribution in [2.75, 3.05) is 4.90 Å². The van der Waals surface area contributed by atoms with Gasteiger partial charge in [-0.05, 0) is 121 Å². The van der Waals surface area contributed by atoms with Gasteiger partial charge in [0.1, 0.15) is 5.52 Å². The summed E-state index contributed by atoms with van der Waals surface area (Å²) in [6.07, 6.45) is 0. The summed E-state index contributed by atoms with van der Waals surface area (Å²) in [7, 11) is 0. The first-order chi connectivity index (χ1) is 27.7. The summed E-state index contributed by atoms with van der Waals surface area (Å²) in [5, 5.41) is 9.40. The lowest BCUT2D eigenvalue weighted by molar-refractivity contribution is 0.623. The zero-order valence-corrected chi connectivity index (χ0v) is 30.4. The number of oxazole rings is 1. The third kappa shape index (κ3) is 5.57. The van der Waals surface area contributed by atoms with Crippen molar-refractivity contribution in [1.82, 2.24) is 4.98 Å². The Morgan fingerprint density at radius 2 is 0.911 bits per heavy atom. The highest BCUT2D eigenvalue weighted by atomic mass is 16.3. The highest BCUT2D eigenvalue weighted by Crippen LogP contribution is 2.41. The van der Waals surface area contributed by atoms with Crippen LogP contribution in [0.1, 0.15) is 0 Å². The normalized spacial score (nSPS) is 11.6. The van der Waals surface area contributed by atoms with E-state index in [-0.39, 0.29) is 0 Å². The van der Waals surface area contributed by atoms with Crippen molar-refractivity contribution in [3.05, 3.63) is 206 Å². The topological polar surface area (TPSA) is 29.3 Å². The van der Waals surface area contributed by atoms with Crippen LogP contribution in [0, 0.1) is 0 Å². The van der Waals surface area contributed by atoms with Gasteiger partial charge in [-0.2, -0.15) is 0 Å². The molecule has 0 aliphatic heterocycles. The van der Waals surface area contributed by atoms with E-state index in [1.807, 2.05) is 0 Å². The molecule has 0 spiro atoms. The third-order valence-corrected chi connectivity index (χ3v) is 11.0. The molecule has 0 bridgehead atoms. The van der Waals surface area contributed by atoms with Gasteiger partial charge in [-0.3, -0.25) is 0 Å². The number of fused-ring (bicyclic) bond motifs is 6. The SMILES string of the molecule is c1cc(-c2cccc3ccccc23)cc(N(c2ccc(-c3ccc4ccccc4c3)cc2)c2ccc3ccc4nc(-c5ccc6ccccc6c5)oc4c3c2)c1. The second-order valence-corrected chi connectivity index (χ2v) is 14.4. The molecule has 1 aromatic heterocycles. The Morgan fingerprint density at radius 1 is 0.339 bits per heavy atom. The Kier molecular flexibility index (Phi) is 7.49. The van der Waals surface area contributed by atoms with Crippen LogP contribution in [0.3, 0.4) is 0 Å². The molecule has 0 saturated carbocycles. The van der Waals surface area contributed by atoms with Gasteiger partial charge in [-0.25, -0.2) is 4.98 Å². The maximum atomic E-state index is 6.65. The van der Waals surface area contributed by atoms with E-state index in [1.54, 1.807) is 0 Å². The fourth-order valence-electron chi connectivity index (χ4n) is 8.19. The van der Waals surface area contributed by atoms with Crippen LogP contribution in [0.25, 0.3) is 87.9 Å². The monoisotopic (exact) mass is 714 g/mol. The van der Waals surface area contributed by atoms with Gasteiger partial charge in [0.15, 0.2) is 5.58 Å². The molecule has 11 aromatic rings. The zero-order chi connectivity index (χ0) is 37.0. The van der Waals surface area contributed by atoms with Crippen molar-refractivity contribution in [1.29, 1.82) is 0 Å². The first kappa shape index (κ1) is 32.0. The van der Waals surface area contributed by atoms with E-state index in [2.05, 4.69) is 211 Å². The first-order valence-corrected chi connectivity index (χ1v) is 19.0. The highest BCUT2D eigenvalue weighted by Gasteiger charge is 2.18. The molecule has 0 unspecified atom stereocenters. The zero-order valence-electron chi connectivity index (χ0n) is 30.4. The third-order valence-electron chi connectivity index (χ3n) is 11.0. The molecule has 11 rings (SSSR count). The summed E-state index contributed by atoms with van der Waals surface area (Å²) >= 11 is 0. The fraction of sp³-hybridized carbons (Fsp3) is 0. The smallest absolute Gasteiger partial charge is 0.227 e. The number of hydrogen-bond acceptors (Lipinski definition) is 3. The number of rotatable bonds is 6. The molecule has 1 heterocycles. The van der Waals surface area contributed by atoms with Gasteiger partial charge in [0, 0.05) is 28.0 Å². The second kappa shape index (κ2) is 13.1. The highest BCUT2D eigenvalue weighted by molar-refractivity contribution is 6.06. The number of hydrogen-bond donors (Lipinski definition) is 0. The summed E-state index contributed by atoms with van der Waals surface area (Å²) in [6, 6.07) is 73.7. The van der Waals surface area contributed by atoms with Gasteiger partial charge in [0.05, 0.1) is 0 Å². The van der Waals surface area contributed by atoms with E-state index in [0.717, 1.165) is 55.4 Å². The van der Waals surface area contributed by atoms with Gasteiger partial charge in [0.25, 0.3) is 0 Å². The van der Waals surface area contributed by atoms with Crippen molar-refractivity contribution in [2.24, 2.45) is 0 Å². The molecule has 0 aliphatic carbocycles. The minimum absolute atomic E-state index is 0.618. The molecule has 262 valence electrons. The molecule has 3 nitrogen and oxygen atoms in total. The van der Waals surface area contributed by atoms with Gasteiger partial charge < -0.3 is 9.32 Å². The van der Waals surface area contributed by atoms with E-state index in [9.17, 15) is 0 Å². The van der Waals surface area contributed by atoms with Crippen LogP contribution in [0.5, 0.6) is 0 Å². The lowest BCUT2D eigenvalue weighted by atomic mass is 9.97. The van der Waals surface area contributed by atoms with Crippen molar-refractivity contribution in [2.45, 2.75) is 0 Å². The predicted octanol–water partition coefficient (Wildman–Crippen LogP) is 14.9. The Balaban J connectivity index is 1.06. The summed E-state index contributed by atoms with van der Waals surface area (Å²) in [5.74, 6) is 0.618. The van der Waals surface area contributed by atoms with Crippen LogP contribution in [-0.4, -0.2) is 4.98 Å². The maximum Gasteiger partial charge on any atom is 0.227 e. The van der Waals surface area contributed by atoms with E-state index >= 15 is 0 Å². The van der Waals surface area contributed by atoms with E-state index < -0.39 is 0 Å². The summed E-state index contributed by atoms with van der Waals surface area (Å²) < 4.78 is 6.65. The largest absolute Gasteiger partial charge is 0.435 e. The second-order valence-electron chi connectivity index (χ2n) is 14.4. The Labute approximate surface area is 324 Å². The van der Waals surface area contributed by atoms with Crippen LogP contribution >= 0.6 is 0 Å². The average molecular weight is 715 g/mol. The van der Waals surface area contributed by atoms with Crippen molar-refractivity contribution in [3.8, 4) is 33.7 Å². The molecule has 3 heteroatoms. The van der Waals surface area contributed by atoms with Gasteiger partial charge in [0.2, 0.25) is 5.89 Å². The summed E-state index contributed by atoms with van der Waals surface area (Å²) in [4.78, 5) is 7.32. The summed E-state index contributed by atoms with van der Waals surface area (Å²) in [6.45, 7) is 0. The Bertz CT molecular complexity index is 3260. The molecule has 0 saturated heterocycles. The lowest BCUT2D eigenvalue weighted by Crippen LogP contribution is -2.10. The molecular formula is C53H34N2O. The predicted molar refractivity (Wildman–Crippen MR) is 235 cm³/mol. The molecule has 56 heavy (non-hydrogen) atoms. The van der Waals surface area contributed by atoms with E-state index in [0.29, 0.717) is 5.89 Å². The fourth-order valence-corrected chi connectivity index (χ4v) is 8.19. The van der Waals surface area contributed by atoms with Gasteiger partial charge >= 0.3 is 0 Å². The van der Waals surface area contributed by atoms with Gasteiger partial charge in [-0.1, -0.05) is 146 Å². The van der Waals surface area contributed by atoms with Crippen LogP contribution < -0.4 is 4.90 Å². The molecule has 0 N–H and O–H groups in total. The molecule has 0 radical (unpaired) electrons. The van der Waals surface area contributed by atoms with Crippen LogP contribution in [0.15, 0.2) is 211 Å². The number of benzene rings is 10. The Morgan fingerprint density at radius 3 is 1.71 bits per heavy atom. The molecular weight excluding hydrogens is 681 g/mol. The van der Waals surface area contributed by atoms with Crippen molar-refractivity contribution in [3.63, 3.8) is 0 Å². The first-order valence-electron chi connectivity index (χ1n) is 19.0. The average Bonchev–Trinajstić information content (AvgIpc) is 3.72. The van der Waals surface area contributed by atoms with Crippen LogP contribution in [0.2, 0.25) is 0 Å². The van der Waals surface area contributed by atoms with E-state index in [4.69, 9.17) is 9.40 Å². The summed E-state index contributed by atoms with van der Waals surface area (Å²) in [5.41, 5.74) is 10.5. The van der Waals surface area contributed by atoms with Crippen LogP contribution in [-0.2, 0) is 0 Å². The molecule has 0 fully saturated rings. The Hall–Kier alpha value is -7.49. The minimum atomic E-state index is 0.618. The standard InChI is InChI=1S/C53H34N2O/c1-3-12-40-31-42(21-19-35(40)9-1)37-23-27-45(28-24-37)55(46-16-7-15-43(33-46)49-18-8-14-38-11-5-6-17-48(38)49)47-29-25-39-26-30-51-52(50(39)34-47)56-53(54-51)44-22-20-36-10-2-4-13-41(36)32-44/h1-34H. The van der Waals surface area contributed by atoms with Crippen molar-refractivity contribution < 1.29 is 4.42 Å². The van der Waals surface area contributed by atoms with E-state index in [1.165, 1.54) is 43.6 Å². The lowest BCUT2D eigenvalue weighted by Gasteiger charge is -2.26. The molecule has 0 aliphatic rings. The van der Waals surface area contributed by atoms with Gasteiger partial charge in [-0.15, -0.1) is 0 Å². The molecule has 0 amide bonds. The number of aromatic nitrogens is 1.